The Balaban J connectivity index is 2.11. The van der Waals surface area contributed by atoms with E-state index < -0.39 is 6.10 Å². The summed E-state index contributed by atoms with van der Waals surface area (Å²) < 4.78 is 0. The number of hydrogen-bond donors (Lipinski definition) is 3. The van der Waals surface area contributed by atoms with Gasteiger partial charge in [-0.15, -0.1) is 0 Å². The van der Waals surface area contributed by atoms with E-state index in [-0.39, 0.29) is 17.5 Å². The van der Waals surface area contributed by atoms with Gasteiger partial charge in [-0.2, -0.15) is 0 Å². The van der Waals surface area contributed by atoms with E-state index in [2.05, 4.69) is 4.99 Å². The fourth-order valence-electron chi connectivity index (χ4n) is 1.85. The lowest BCUT2D eigenvalue weighted by Gasteiger charge is -2.15. The van der Waals surface area contributed by atoms with E-state index in [9.17, 15) is 15.3 Å². The summed E-state index contributed by atoms with van der Waals surface area (Å²) >= 11 is 0. The van der Waals surface area contributed by atoms with Gasteiger partial charge in [-0.1, -0.05) is 30.3 Å². The average Bonchev–Trinajstić information content (AvgIpc) is 2.46. The molecule has 0 radical (unpaired) electrons. The van der Waals surface area contributed by atoms with E-state index in [0.29, 0.717) is 5.56 Å². The largest absolute Gasteiger partial charge is 0.508 e. The molecule has 2 aromatic rings. The van der Waals surface area contributed by atoms with Crippen molar-refractivity contribution in [3.8, 4) is 11.5 Å². The van der Waals surface area contributed by atoms with Crippen LogP contribution in [0.2, 0.25) is 0 Å². The molecule has 2 aromatic carbocycles. The zero-order valence-corrected chi connectivity index (χ0v) is 11.1. The lowest BCUT2D eigenvalue weighted by atomic mass is 10.0. The molecule has 2 atom stereocenters. The van der Waals surface area contributed by atoms with E-state index >= 15 is 0 Å². The molecule has 0 aliphatic rings. The molecule has 104 valence electrons. The van der Waals surface area contributed by atoms with Gasteiger partial charge >= 0.3 is 0 Å². The van der Waals surface area contributed by atoms with Crippen molar-refractivity contribution in [1.29, 1.82) is 0 Å². The molecule has 0 bridgehead atoms. The molecule has 0 spiro atoms. The summed E-state index contributed by atoms with van der Waals surface area (Å²) in [6, 6.07) is 13.2. The summed E-state index contributed by atoms with van der Waals surface area (Å²) in [5, 5.41) is 29.0. The Bertz CT molecular complexity index is 596. The first-order valence-electron chi connectivity index (χ1n) is 6.36. The molecule has 0 heterocycles. The smallest absolute Gasteiger partial charge is 0.128 e. The van der Waals surface area contributed by atoms with Crippen LogP contribution in [0.5, 0.6) is 11.5 Å². The first kappa shape index (κ1) is 14.1. The molecule has 0 aliphatic heterocycles. The molecule has 0 unspecified atom stereocenters. The van der Waals surface area contributed by atoms with E-state index in [1.54, 1.807) is 13.0 Å². The third kappa shape index (κ3) is 3.36. The van der Waals surface area contributed by atoms with Gasteiger partial charge in [-0.05, 0) is 24.6 Å². The minimum absolute atomic E-state index is 0.00276. The molecule has 0 amide bonds. The molecule has 0 aromatic heterocycles. The summed E-state index contributed by atoms with van der Waals surface area (Å²) in [6.45, 7) is 1.80. The predicted octanol–water partition coefficient (Wildman–Crippen LogP) is 2.64. The zero-order valence-electron chi connectivity index (χ0n) is 11.1. The summed E-state index contributed by atoms with van der Waals surface area (Å²) in [5.74, 6) is -0.0489. The molecular formula is C16H17NO3. The number of aliphatic hydroxyl groups excluding tert-OH is 1. The van der Waals surface area contributed by atoms with Gasteiger partial charge in [0.15, 0.2) is 0 Å². The van der Waals surface area contributed by atoms with Gasteiger partial charge in [0.1, 0.15) is 17.6 Å². The molecule has 20 heavy (non-hydrogen) atoms. The summed E-state index contributed by atoms with van der Waals surface area (Å²) in [4.78, 5) is 4.24. The maximum absolute atomic E-state index is 10.2. The number of nitrogens with zero attached hydrogens (tertiary/aromatic N) is 1. The van der Waals surface area contributed by atoms with Crippen molar-refractivity contribution < 1.29 is 15.3 Å². The van der Waals surface area contributed by atoms with Crippen LogP contribution in [0.1, 0.15) is 24.2 Å². The van der Waals surface area contributed by atoms with Crippen molar-refractivity contribution in [3.05, 3.63) is 59.7 Å². The number of rotatable bonds is 4. The summed E-state index contributed by atoms with van der Waals surface area (Å²) in [5.41, 5.74) is 1.29. The maximum atomic E-state index is 10.2. The van der Waals surface area contributed by atoms with Crippen LogP contribution in [0.4, 0.5) is 0 Å². The van der Waals surface area contributed by atoms with Crippen LogP contribution in [0, 0.1) is 0 Å². The third-order valence-electron chi connectivity index (χ3n) is 3.06. The van der Waals surface area contributed by atoms with Gasteiger partial charge in [-0.3, -0.25) is 4.99 Å². The van der Waals surface area contributed by atoms with E-state index in [0.717, 1.165) is 5.56 Å². The average molecular weight is 271 g/mol. The van der Waals surface area contributed by atoms with Crippen molar-refractivity contribution in [2.24, 2.45) is 4.99 Å². The number of phenols is 2. The maximum Gasteiger partial charge on any atom is 0.128 e. The molecule has 0 saturated heterocycles. The standard InChI is InChI=1S/C16H17NO3/c1-11(16(20)12-5-3-2-4-6-12)17-10-13-7-8-14(18)9-15(13)19/h2-11,16,18-20H,1H3/t11-,16-/m0/s1. The van der Waals surface area contributed by atoms with Crippen LogP contribution in [0.15, 0.2) is 53.5 Å². The predicted molar refractivity (Wildman–Crippen MR) is 78.2 cm³/mol. The van der Waals surface area contributed by atoms with Gasteiger partial charge in [0.05, 0.1) is 6.04 Å². The van der Waals surface area contributed by atoms with Crippen molar-refractivity contribution >= 4 is 6.21 Å². The highest BCUT2D eigenvalue weighted by atomic mass is 16.3. The van der Waals surface area contributed by atoms with Crippen LogP contribution in [0.25, 0.3) is 0 Å². The van der Waals surface area contributed by atoms with Crippen molar-refractivity contribution in [1.82, 2.24) is 0 Å². The molecule has 0 aliphatic carbocycles. The Morgan fingerprint density at radius 1 is 1.05 bits per heavy atom. The minimum atomic E-state index is -0.702. The molecule has 3 N–H and O–H groups in total. The van der Waals surface area contributed by atoms with Crippen LogP contribution in [0.3, 0.4) is 0 Å². The van der Waals surface area contributed by atoms with Crippen molar-refractivity contribution in [2.45, 2.75) is 19.1 Å². The highest BCUT2D eigenvalue weighted by Crippen LogP contribution is 2.22. The van der Waals surface area contributed by atoms with Crippen molar-refractivity contribution in [3.63, 3.8) is 0 Å². The van der Waals surface area contributed by atoms with Gasteiger partial charge in [0, 0.05) is 17.8 Å². The lowest BCUT2D eigenvalue weighted by Crippen LogP contribution is -2.12. The van der Waals surface area contributed by atoms with E-state index in [4.69, 9.17) is 0 Å². The molecular weight excluding hydrogens is 254 g/mol. The number of hydrogen-bond acceptors (Lipinski definition) is 4. The molecule has 4 heteroatoms. The van der Waals surface area contributed by atoms with Gasteiger partial charge in [0.25, 0.3) is 0 Å². The molecule has 0 saturated carbocycles. The van der Waals surface area contributed by atoms with Gasteiger partial charge in [-0.25, -0.2) is 0 Å². The first-order valence-corrected chi connectivity index (χ1v) is 6.36. The fourth-order valence-corrected chi connectivity index (χ4v) is 1.85. The SMILES string of the molecule is C[C@H](N=Cc1ccc(O)cc1O)[C@H](O)c1ccccc1. The van der Waals surface area contributed by atoms with Gasteiger partial charge in [0.2, 0.25) is 0 Å². The first-order chi connectivity index (χ1) is 9.58. The Kier molecular flexibility index (Phi) is 4.38. The summed E-state index contributed by atoms with van der Waals surface area (Å²) in [6.07, 6.45) is 0.790. The number of phenolic OH excluding ortho intramolecular Hbond substituents is 2. The zero-order chi connectivity index (χ0) is 14.5. The quantitative estimate of drug-likeness (QED) is 0.748. The second kappa shape index (κ2) is 6.21. The highest BCUT2D eigenvalue weighted by Gasteiger charge is 2.14. The molecule has 2 rings (SSSR count). The monoisotopic (exact) mass is 271 g/mol. The number of aliphatic hydroxyl groups is 1. The number of aromatic hydroxyl groups is 2. The van der Waals surface area contributed by atoms with E-state index in [1.807, 2.05) is 30.3 Å². The van der Waals surface area contributed by atoms with Crippen LogP contribution in [-0.2, 0) is 0 Å². The minimum Gasteiger partial charge on any atom is -0.508 e. The highest BCUT2D eigenvalue weighted by molar-refractivity contribution is 5.83. The Morgan fingerprint density at radius 2 is 1.75 bits per heavy atom. The Hall–Kier alpha value is -2.33. The van der Waals surface area contributed by atoms with Crippen LogP contribution in [-0.4, -0.2) is 27.6 Å². The van der Waals surface area contributed by atoms with Crippen LogP contribution < -0.4 is 0 Å². The third-order valence-corrected chi connectivity index (χ3v) is 3.06. The molecule has 4 nitrogen and oxygen atoms in total. The Labute approximate surface area is 117 Å². The summed E-state index contributed by atoms with van der Waals surface area (Å²) in [7, 11) is 0. The lowest BCUT2D eigenvalue weighted by molar-refractivity contribution is 0.154. The topological polar surface area (TPSA) is 73.1 Å². The van der Waals surface area contributed by atoms with Gasteiger partial charge < -0.3 is 15.3 Å². The fraction of sp³-hybridized carbons (Fsp3) is 0.188. The second-order valence-electron chi connectivity index (χ2n) is 4.62. The normalized spacial score (nSPS) is 14.3. The number of benzene rings is 2. The van der Waals surface area contributed by atoms with Crippen molar-refractivity contribution in [2.75, 3.05) is 0 Å². The van der Waals surface area contributed by atoms with E-state index in [1.165, 1.54) is 18.3 Å². The van der Waals surface area contributed by atoms with Crippen LogP contribution >= 0.6 is 0 Å². The second-order valence-corrected chi connectivity index (χ2v) is 4.62. The Morgan fingerprint density at radius 3 is 2.40 bits per heavy atom. The number of aliphatic imine (C=N–C) groups is 1. The molecule has 0 fully saturated rings.